The number of hydrogen-bond acceptors (Lipinski definition) is 2. The molecule has 1 aliphatic heterocycles. The van der Waals surface area contributed by atoms with Crippen molar-refractivity contribution in [3.05, 3.63) is 0 Å². The fourth-order valence-corrected chi connectivity index (χ4v) is 2.82. The van der Waals surface area contributed by atoms with E-state index in [2.05, 4.69) is 24.1 Å². The average Bonchev–Trinajstić information content (AvgIpc) is 2.92. The highest BCUT2D eigenvalue weighted by atomic mass is 15.2. The number of hydrogen-bond donors (Lipinski definition) is 1. The highest BCUT2D eigenvalue weighted by molar-refractivity contribution is 5.04. The van der Waals surface area contributed by atoms with Gasteiger partial charge in [0.05, 0.1) is 0 Å². The number of nitrogens with zero attached hydrogens (tertiary/aromatic N) is 1. The first-order valence-corrected chi connectivity index (χ1v) is 6.25. The van der Waals surface area contributed by atoms with Crippen LogP contribution in [0.2, 0.25) is 0 Å². The summed E-state index contributed by atoms with van der Waals surface area (Å²) >= 11 is 0. The molecule has 0 aromatic rings. The normalized spacial score (nSPS) is 32.6. The molecule has 1 unspecified atom stereocenters. The fraction of sp³-hybridized carbons (Fsp3) is 1.00. The second-order valence-electron chi connectivity index (χ2n) is 5.11. The predicted molar refractivity (Wildman–Crippen MR) is 60.5 cm³/mol. The Morgan fingerprint density at radius 2 is 2.14 bits per heavy atom. The summed E-state index contributed by atoms with van der Waals surface area (Å²) in [4.78, 5) is 2.76. The van der Waals surface area contributed by atoms with Crippen molar-refractivity contribution in [2.45, 2.75) is 57.5 Å². The fourth-order valence-electron chi connectivity index (χ4n) is 2.82. The zero-order chi connectivity index (χ0) is 10.0. The quantitative estimate of drug-likeness (QED) is 0.743. The maximum atomic E-state index is 3.57. The van der Waals surface area contributed by atoms with Crippen LogP contribution < -0.4 is 5.32 Å². The van der Waals surface area contributed by atoms with E-state index in [9.17, 15) is 0 Å². The molecule has 0 aromatic heterocycles. The molecule has 1 saturated heterocycles. The molecule has 2 fully saturated rings. The van der Waals surface area contributed by atoms with Gasteiger partial charge in [0.15, 0.2) is 0 Å². The standard InChI is InChI=1S/C12H24N2/c1-3-5-12(6-7-12)14-9-4-11(2)13-8-10-14/h11,13H,3-10H2,1-2H3. The molecular weight excluding hydrogens is 172 g/mol. The molecule has 0 spiro atoms. The van der Waals surface area contributed by atoms with Crippen molar-refractivity contribution in [3.63, 3.8) is 0 Å². The van der Waals surface area contributed by atoms with Gasteiger partial charge in [0.2, 0.25) is 0 Å². The van der Waals surface area contributed by atoms with Crippen LogP contribution in [0.15, 0.2) is 0 Å². The Hall–Kier alpha value is -0.0800. The van der Waals surface area contributed by atoms with Gasteiger partial charge < -0.3 is 5.32 Å². The molecule has 82 valence electrons. The topological polar surface area (TPSA) is 15.3 Å². The Morgan fingerprint density at radius 3 is 2.79 bits per heavy atom. The van der Waals surface area contributed by atoms with Crippen molar-refractivity contribution in [1.29, 1.82) is 0 Å². The Balaban J connectivity index is 1.90. The minimum atomic E-state index is 0.639. The van der Waals surface area contributed by atoms with Crippen LogP contribution in [0.3, 0.4) is 0 Å². The molecule has 2 heteroatoms. The summed E-state index contributed by atoms with van der Waals surface area (Å²) in [5.41, 5.74) is 0.639. The lowest BCUT2D eigenvalue weighted by Crippen LogP contribution is -2.39. The maximum Gasteiger partial charge on any atom is 0.0211 e. The van der Waals surface area contributed by atoms with Crippen molar-refractivity contribution in [3.8, 4) is 0 Å². The first-order valence-electron chi connectivity index (χ1n) is 6.25. The van der Waals surface area contributed by atoms with Gasteiger partial charge >= 0.3 is 0 Å². The zero-order valence-corrected chi connectivity index (χ0v) is 9.68. The molecule has 2 nitrogen and oxygen atoms in total. The van der Waals surface area contributed by atoms with Crippen molar-refractivity contribution < 1.29 is 0 Å². The molecule has 0 bridgehead atoms. The third kappa shape index (κ3) is 2.12. The summed E-state index contributed by atoms with van der Waals surface area (Å²) in [7, 11) is 0. The highest BCUT2D eigenvalue weighted by Crippen LogP contribution is 2.45. The summed E-state index contributed by atoms with van der Waals surface area (Å²) in [5.74, 6) is 0. The smallest absolute Gasteiger partial charge is 0.0211 e. The molecule has 1 aliphatic carbocycles. The number of rotatable bonds is 3. The van der Waals surface area contributed by atoms with Crippen LogP contribution in [0.5, 0.6) is 0 Å². The van der Waals surface area contributed by atoms with Gasteiger partial charge in [0.25, 0.3) is 0 Å². The molecule has 0 amide bonds. The monoisotopic (exact) mass is 196 g/mol. The van der Waals surface area contributed by atoms with Crippen LogP contribution in [-0.4, -0.2) is 36.1 Å². The minimum Gasteiger partial charge on any atom is -0.313 e. The lowest BCUT2D eigenvalue weighted by atomic mass is 10.1. The Labute approximate surface area is 88.1 Å². The van der Waals surface area contributed by atoms with Crippen LogP contribution in [0.25, 0.3) is 0 Å². The highest BCUT2D eigenvalue weighted by Gasteiger charge is 2.46. The van der Waals surface area contributed by atoms with Gasteiger partial charge in [0.1, 0.15) is 0 Å². The van der Waals surface area contributed by atoms with Gasteiger partial charge in [-0.05, 0) is 32.6 Å². The molecule has 0 aromatic carbocycles. The number of nitrogens with one attached hydrogen (secondary N) is 1. The van der Waals surface area contributed by atoms with Crippen LogP contribution in [0.1, 0.15) is 46.0 Å². The summed E-state index contributed by atoms with van der Waals surface area (Å²) in [6.07, 6.45) is 7.00. The van der Waals surface area contributed by atoms with E-state index in [4.69, 9.17) is 0 Å². The summed E-state index contributed by atoms with van der Waals surface area (Å²) in [5, 5.41) is 3.57. The van der Waals surface area contributed by atoms with Crippen molar-refractivity contribution >= 4 is 0 Å². The molecule has 0 radical (unpaired) electrons. The maximum absolute atomic E-state index is 3.57. The van der Waals surface area contributed by atoms with Crippen LogP contribution in [-0.2, 0) is 0 Å². The molecule has 2 rings (SSSR count). The Bertz CT molecular complexity index is 187. The third-order valence-corrected chi connectivity index (χ3v) is 3.92. The van der Waals surface area contributed by atoms with Gasteiger partial charge in [-0.2, -0.15) is 0 Å². The van der Waals surface area contributed by atoms with Gasteiger partial charge in [-0.3, -0.25) is 4.90 Å². The zero-order valence-electron chi connectivity index (χ0n) is 9.68. The molecule has 14 heavy (non-hydrogen) atoms. The SMILES string of the molecule is CCCC1(N2CCNC(C)CC2)CC1. The van der Waals surface area contributed by atoms with Crippen LogP contribution in [0, 0.1) is 0 Å². The Morgan fingerprint density at radius 1 is 1.36 bits per heavy atom. The second kappa shape index (κ2) is 4.19. The second-order valence-corrected chi connectivity index (χ2v) is 5.11. The van der Waals surface area contributed by atoms with E-state index in [1.165, 1.54) is 51.7 Å². The van der Waals surface area contributed by atoms with E-state index < -0.39 is 0 Å². The predicted octanol–water partition coefficient (Wildman–Crippen LogP) is 2.00. The molecule has 1 N–H and O–H groups in total. The average molecular weight is 196 g/mol. The summed E-state index contributed by atoms with van der Waals surface area (Å²) in [6, 6.07) is 0.720. The van der Waals surface area contributed by atoms with Gasteiger partial charge in [0, 0.05) is 31.2 Å². The molecular formula is C12H24N2. The van der Waals surface area contributed by atoms with Crippen molar-refractivity contribution in [1.82, 2.24) is 10.2 Å². The van der Waals surface area contributed by atoms with E-state index in [1.54, 1.807) is 0 Å². The lowest BCUT2D eigenvalue weighted by molar-refractivity contribution is 0.176. The van der Waals surface area contributed by atoms with E-state index >= 15 is 0 Å². The van der Waals surface area contributed by atoms with Gasteiger partial charge in [-0.1, -0.05) is 13.3 Å². The van der Waals surface area contributed by atoms with Crippen molar-refractivity contribution in [2.24, 2.45) is 0 Å². The minimum absolute atomic E-state index is 0.639. The molecule has 1 atom stereocenters. The van der Waals surface area contributed by atoms with Crippen LogP contribution >= 0.6 is 0 Å². The van der Waals surface area contributed by atoms with E-state index in [1.807, 2.05) is 0 Å². The van der Waals surface area contributed by atoms with E-state index in [0.717, 1.165) is 6.04 Å². The molecule has 2 aliphatic rings. The largest absolute Gasteiger partial charge is 0.313 e. The summed E-state index contributed by atoms with van der Waals surface area (Å²) in [6.45, 7) is 8.40. The van der Waals surface area contributed by atoms with Gasteiger partial charge in [-0.25, -0.2) is 0 Å². The first-order chi connectivity index (χ1) is 6.77. The first kappa shape index (κ1) is 10.4. The molecule has 1 heterocycles. The summed E-state index contributed by atoms with van der Waals surface area (Å²) < 4.78 is 0. The Kier molecular flexibility index (Phi) is 3.13. The van der Waals surface area contributed by atoms with Crippen LogP contribution in [0.4, 0.5) is 0 Å². The van der Waals surface area contributed by atoms with E-state index in [0.29, 0.717) is 5.54 Å². The van der Waals surface area contributed by atoms with Crippen molar-refractivity contribution in [2.75, 3.05) is 19.6 Å². The third-order valence-electron chi connectivity index (χ3n) is 3.92. The molecule has 1 saturated carbocycles. The van der Waals surface area contributed by atoms with Gasteiger partial charge in [-0.15, -0.1) is 0 Å². The lowest BCUT2D eigenvalue weighted by Gasteiger charge is -2.30. The van der Waals surface area contributed by atoms with E-state index in [-0.39, 0.29) is 0 Å².